The van der Waals surface area contributed by atoms with Crippen LogP contribution in [0.25, 0.3) is 0 Å². The molecule has 10 nitrogen and oxygen atoms in total. The first kappa shape index (κ1) is 27.1. The fourth-order valence-electron chi connectivity index (χ4n) is 2.98. The van der Waals surface area contributed by atoms with Gasteiger partial charge in [0.1, 0.15) is 0 Å². The zero-order valence-electron chi connectivity index (χ0n) is 19.6. The predicted octanol–water partition coefficient (Wildman–Crippen LogP) is 3.52. The number of carbonyl (C=O) groups excluding carboxylic acids is 2. The van der Waals surface area contributed by atoms with E-state index in [1.165, 1.54) is 56.4 Å². The Kier molecular flexibility index (Phi) is 9.93. The van der Waals surface area contributed by atoms with Crippen LogP contribution in [-0.2, 0) is 0 Å². The van der Waals surface area contributed by atoms with Crippen LogP contribution in [-0.4, -0.2) is 64.3 Å². The minimum atomic E-state index is 0.0110. The number of nitrogens with zero attached hydrogens (tertiary/aromatic N) is 6. The van der Waals surface area contributed by atoms with Crippen LogP contribution >= 0.6 is 47.0 Å². The lowest BCUT2D eigenvalue weighted by Crippen LogP contribution is -2.13. The van der Waals surface area contributed by atoms with Gasteiger partial charge in [-0.1, -0.05) is 108 Å². The molecule has 2 aromatic carbocycles. The Balaban J connectivity index is 1.17. The molecule has 0 bridgehead atoms. The summed E-state index contributed by atoms with van der Waals surface area (Å²) in [6.07, 6.45) is 0.846. The molecule has 2 heterocycles. The van der Waals surface area contributed by atoms with E-state index in [9.17, 15) is 9.59 Å². The molecule has 0 radical (unpaired) electrons. The molecular formula is C23H24N8O2S4. The number of hydrogen-bond donors (Lipinski definition) is 2. The van der Waals surface area contributed by atoms with Gasteiger partial charge < -0.3 is 11.7 Å². The van der Waals surface area contributed by atoms with Crippen molar-refractivity contribution >= 4 is 58.6 Å². The number of benzene rings is 2. The summed E-state index contributed by atoms with van der Waals surface area (Å²) in [5, 5.41) is 18.6. The van der Waals surface area contributed by atoms with Gasteiger partial charge in [0.05, 0.1) is 11.5 Å². The standard InChI is InChI=1S/C23H24N8O2S4/c24-30-20(26-28-22(30)36-14-18(32)16-8-3-1-4-9-16)34-12-7-13-35-21-27-29-23(31(21)25)37-15-19(33)17-10-5-2-6-11-17/h1-6,8-11H,7,12-15,24-25H2. The van der Waals surface area contributed by atoms with E-state index < -0.39 is 0 Å². The third-order valence-corrected chi connectivity index (χ3v) is 8.82. The van der Waals surface area contributed by atoms with Crippen molar-refractivity contribution in [3.05, 3.63) is 71.8 Å². The highest BCUT2D eigenvalue weighted by Gasteiger charge is 2.15. The third-order valence-electron chi connectivity index (χ3n) is 4.87. The highest BCUT2D eigenvalue weighted by Crippen LogP contribution is 2.25. The van der Waals surface area contributed by atoms with Crippen molar-refractivity contribution in [1.82, 2.24) is 29.7 Å². The number of nitrogen functional groups attached to an aromatic ring is 2. The molecule has 0 saturated carbocycles. The van der Waals surface area contributed by atoms with E-state index in [0.29, 0.717) is 31.8 Å². The largest absolute Gasteiger partial charge is 0.335 e. The van der Waals surface area contributed by atoms with Crippen molar-refractivity contribution in [2.75, 3.05) is 34.7 Å². The number of thioether (sulfide) groups is 4. The summed E-state index contributed by atoms with van der Waals surface area (Å²) < 4.78 is 2.83. The van der Waals surface area contributed by atoms with Gasteiger partial charge in [-0.25, -0.2) is 9.35 Å². The van der Waals surface area contributed by atoms with Gasteiger partial charge in [0.15, 0.2) is 11.6 Å². The van der Waals surface area contributed by atoms with Gasteiger partial charge in [-0.15, -0.1) is 20.4 Å². The summed E-state index contributed by atoms with van der Waals surface area (Å²) in [6.45, 7) is 0. The highest BCUT2D eigenvalue weighted by molar-refractivity contribution is 8.01. The maximum atomic E-state index is 12.3. The summed E-state index contributed by atoms with van der Waals surface area (Å²) in [4.78, 5) is 24.6. The normalized spacial score (nSPS) is 11.0. The Labute approximate surface area is 230 Å². The van der Waals surface area contributed by atoms with E-state index in [1.54, 1.807) is 24.3 Å². The minimum Gasteiger partial charge on any atom is -0.335 e. The van der Waals surface area contributed by atoms with Crippen molar-refractivity contribution in [2.24, 2.45) is 0 Å². The zero-order chi connectivity index (χ0) is 26.0. The molecule has 0 amide bonds. The van der Waals surface area contributed by atoms with E-state index in [0.717, 1.165) is 17.9 Å². The van der Waals surface area contributed by atoms with Gasteiger partial charge in [-0.3, -0.25) is 9.59 Å². The van der Waals surface area contributed by atoms with E-state index in [1.807, 2.05) is 36.4 Å². The Hall–Kier alpha value is -2.94. The molecule has 0 aliphatic carbocycles. The maximum absolute atomic E-state index is 12.3. The molecule has 0 fully saturated rings. The fraction of sp³-hybridized carbons (Fsp3) is 0.217. The lowest BCUT2D eigenvalue weighted by Gasteiger charge is -2.04. The minimum absolute atomic E-state index is 0.0110. The monoisotopic (exact) mass is 572 g/mol. The van der Waals surface area contributed by atoms with E-state index in [4.69, 9.17) is 11.7 Å². The molecule has 2 aromatic heterocycles. The summed E-state index contributed by atoms with van der Waals surface area (Å²) in [5.41, 5.74) is 1.31. The van der Waals surface area contributed by atoms with Gasteiger partial charge in [0.25, 0.3) is 0 Å². The lowest BCUT2D eigenvalue weighted by molar-refractivity contribution is 0.101. The first-order valence-corrected chi connectivity index (χ1v) is 15.1. The number of hydrogen-bond acceptors (Lipinski definition) is 12. The quantitative estimate of drug-likeness (QED) is 0.0985. The summed E-state index contributed by atoms with van der Waals surface area (Å²) in [7, 11) is 0. The van der Waals surface area contributed by atoms with Crippen molar-refractivity contribution in [1.29, 1.82) is 0 Å². The van der Waals surface area contributed by atoms with Crippen molar-refractivity contribution in [3.8, 4) is 0 Å². The van der Waals surface area contributed by atoms with Crippen molar-refractivity contribution < 1.29 is 9.59 Å². The summed E-state index contributed by atoms with van der Waals surface area (Å²) in [6, 6.07) is 18.2. The molecule has 4 rings (SSSR count). The second-order valence-corrected chi connectivity index (χ2v) is 11.5. The van der Waals surface area contributed by atoms with Gasteiger partial charge in [0, 0.05) is 22.6 Å². The Morgan fingerprint density at radius 2 is 0.946 bits per heavy atom. The fourth-order valence-corrected chi connectivity index (χ4v) is 6.37. The van der Waals surface area contributed by atoms with Crippen LogP contribution in [0.5, 0.6) is 0 Å². The Morgan fingerprint density at radius 3 is 1.32 bits per heavy atom. The zero-order valence-corrected chi connectivity index (χ0v) is 22.9. The van der Waals surface area contributed by atoms with Crippen LogP contribution in [0.15, 0.2) is 81.3 Å². The number of rotatable bonds is 14. The van der Waals surface area contributed by atoms with Crippen LogP contribution in [0.4, 0.5) is 0 Å². The first-order valence-electron chi connectivity index (χ1n) is 11.1. The number of aromatic nitrogens is 6. The van der Waals surface area contributed by atoms with Gasteiger partial charge in [-0.05, 0) is 6.42 Å². The summed E-state index contributed by atoms with van der Waals surface area (Å²) in [5.74, 6) is 14.3. The molecule has 192 valence electrons. The molecule has 0 atom stereocenters. The van der Waals surface area contributed by atoms with Crippen molar-refractivity contribution in [3.63, 3.8) is 0 Å². The highest BCUT2D eigenvalue weighted by atomic mass is 32.2. The lowest BCUT2D eigenvalue weighted by atomic mass is 10.2. The maximum Gasteiger partial charge on any atom is 0.210 e. The van der Waals surface area contributed by atoms with Crippen LogP contribution in [0.2, 0.25) is 0 Å². The molecule has 0 aliphatic rings. The molecule has 4 aromatic rings. The number of carbonyl (C=O) groups is 2. The molecule has 4 N–H and O–H groups in total. The molecular weight excluding hydrogens is 549 g/mol. The third kappa shape index (κ3) is 7.53. The van der Waals surface area contributed by atoms with Crippen LogP contribution in [0.3, 0.4) is 0 Å². The van der Waals surface area contributed by atoms with Gasteiger partial charge in [0.2, 0.25) is 20.6 Å². The molecule has 37 heavy (non-hydrogen) atoms. The van der Waals surface area contributed by atoms with E-state index >= 15 is 0 Å². The predicted molar refractivity (Wildman–Crippen MR) is 149 cm³/mol. The second-order valence-electron chi connectivity index (χ2n) is 7.48. The van der Waals surface area contributed by atoms with Crippen LogP contribution in [0, 0.1) is 0 Å². The Bertz CT molecular complexity index is 1230. The van der Waals surface area contributed by atoms with Gasteiger partial charge in [-0.2, -0.15) is 0 Å². The molecule has 14 heteroatoms. The number of Topliss-reactive ketones (excluding diaryl/α,β-unsaturated/α-hetero) is 2. The molecule has 0 saturated heterocycles. The van der Waals surface area contributed by atoms with E-state index in [-0.39, 0.29) is 23.1 Å². The Morgan fingerprint density at radius 1 is 0.595 bits per heavy atom. The number of nitrogens with two attached hydrogens (primary N) is 2. The second kappa shape index (κ2) is 13.6. The molecule has 0 unspecified atom stereocenters. The van der Waals surface area contributed by atoms with Crippen LogP contribution < -0.4 is 11.7 Å². The summed E-state index contributed by atoms with van der Waals surface area (Å²) >= 11 is 5.50. The van der Waals surface area contributed by atoms with Gasteiger partial charge >= 0.3 is 0 Å². The topological polar surface area (TPSA) is 148 Å². The average molecular weight is 573 g/mol. The SMILES string of the molecule is Nn1c(SCCCSc2nnc(SCC(=O)c3ccccc3)n2N)nnc1SCC(=O)c1ccccc1. The average Bonchev–Trinajstić information content (AvgIpc) is 3.47. The van der Waals surface area contributed by atoms with Crippen molar-refractivity contribution in [2.45, 2.75) is 27.0 Å². The first-order chi connectivity index (χ1) is 18.0. The molecule has 0 spiro atoms. The number of ketones is 2. The van der Waals surface area contributed by atoms with E-state index in [2.05, 4.69) is 20.4 Å². The smallest absolute Gasteiger partial charge is 0.210 e. The van der Waals surface area contributed by atoms with Crippen LogP contribution in [0.1, 0.15) is 27.1 Å². The molecule has 0 aliphatic heterocycles.